The van der Waals surface area contributed by atoms with E-state index in [-0.39, 0.29) is 23.1 Å². The molecule has 1 amide bonds. The van der Waals surface area contributed by atoms with Gasteiger partial charge in [0.1, 0.15) is 11.6 Å². The van der Waals surface area contributed by atoms with E-state index < -0.39 is 5.97 Å². The second-order valence-corrected chi connectivity index (χ2v) is 7.63. The largest absolute Gasteiger partial charge is 0.478 e. The number of benzene rings is 1. The second-order valence-electron chi connectivity index (χ2n) is 7.63. The molecule has 1 aromatic carbocycles. The molecule has 0 bridgehead atoms. The molecule has 3 N–H and O–H groups in total. The molecule has 0 unspecified atom stereocenters. The molecule has 1 aliphatic rings. The first-order valence-corrected chi connectivity index (χ1v) is 10.6. The molecule has 0 spiro atoms. The maximum atomic E-state index is 12.6. The SMILES string of the molecule is N#C/C(=C/Nc1ccc(C(=O)O)cc1)C(=O)NC1CCCCCCCCCCC1. The number of nitrogens with zero attached hydrogens (tertiary/aromatic N) is 1. The molecule has 6 heteroatoms. The summed E-state index contributed by atoms with van der Waals surface area (Å²) in [6, 6.07) is 8.19. The number of hydrogen-bond donors (Lipinski definition) is 3. The third-order valence-electron chi connectivity index (χ3n) is 5.32. The lowest BCUT2D eigenvalue weighted by Gasteiger charge is -2.19. The van der Waals surface area contributed by atoms with Crippen LogP contribution in [-0.2, 0) is 4.79 Å². The maximum Gasteiger partial charge on any atom is 0.335 e. The fourth-order valence-corrected chi connectivity index (χ4v) is 3.58. The van der Waals surface area contributed by atoms with Gasteiger partial charge in [0.2, 0.25) is 0 Å². The van der Waals surface area contributed by atoms with E-state index in [0.717, 1.165) is 25.7 Å². The number of carboxylic acid groups (broad SMARTS) is 1. The molecule has 1 aliphatic carbocycles. The molecule has 0 saturated heterocycles. The highest BCUT2D eigenvalue weighted by Gasteiger charge is 2.16. The van der Waals surface area contributed by atoms with Crippen molar-refractivity contribution >= 4 is 17.6 Å². The Hall–Kier alpha value is -2.81. The summed E-state index contributed by atoms with van der Waals surface area (Å²) >= 11 is 0. The fraction of sp³-hybridized carbons (Fsp3) is 0.522. The quantitative estimate of drug-likeness (QED) is 0.480. The van der Waals surface area contributed by atoms with Crippen LogP contribution in [0.2, 0.25) is 0 Å². The molecule has 6 nitrogen and oxygen atoms in total. The summed E-state index contributed by atoms with van der Waals surface area (Å²) in [7, 11) is 0. The summed E-state index contributed by atoms with van der Waals surface area (Å²) in [5.74, 6) is -1.36. The second kappa shape index (κ2) is 12.6. The van der Waals surface area contributed by atoms with Gasteiger partial charge in [-0.15, -0.1) is 0 Å². The van der Waals surface area contributed by atoms with Gasteiger partial charge in [-0.1, -0.05) is 57.8 Å². The lowest BCUT2D eigenvalue weighted by atomic mass is 9.98. The van der Waals surface area contributed by atoms with Crippen LogP contribution in [-0.4, -0.2) is 23.0 Å². The van der Waals surface area contributed by atoms with Gasteiger partial charge in [0.05, 0.1) is 5.56 Å². The van der Waals surface area contributed by atoms with Crippen molar-refractivity contribution in [1.82, 2.24) is 5.32 Å². The highest BCUT2D eigenvalue weighted by atomic mass is 16.4. The standard InChI is InChI=1S/C23H31N3O3/c24-16-19(17-25-20-14-12-18(13-15-20)23(28)29)22(27)26-21-10-8-6-4-2-1-3-5-7-9-11-21/h12-15,17,21,25H,1-11H2,(H,26,27)(H,28,29)/b19-17-. The number of anilines is 1. The van der Waals surface area contributed by atoms with Crippen molar-refractivity contribution in [2.24, 2.45) is 0 Å². The molecule has 0 aliphatic heterocycles. The van der Waals surface area contributed by atoms with Gasteiger partial charge in [-0.25, -0.2) is 4.79 Å². The number of aromatic carboxylic acids is 1. The number of carbonyl (C=O) groups excluding carboxylic acids is 1. The lowest BCUT2D eigenvalue weighted by Crippen LogP contribution is -2.35. The van der Waals surface area contributed by atoms with E-state index in [9.17, 15) is 14.9 Å². The predicted octanol–water partition coefficient (Wildman–Crippen LogP) is 4.99. The summed E-state index contributed by atoms with van der Waals surface area (Å²) in [4.78, 5) is 23.5. The molecule has 1 fully saturated rings. The van der Waals surface area contributed by atoms with Gasteiger partial charge in [0, 0.05) is 17.9 Å². The Labute approximate surface area is 173 Å². The molecule has 29 heavy (non-hydrogen) atoms. The minimum Gasteiger partial charge on any atom is -0.478 e. The van der Waals surface area contributed by atoms with Crippen LogP contribution in [0.15, 0.2) is 36.0 Å². The number of amides is 1. The Bertz CT molecular complexity index is 723. The van der Waals surface area contributed by atoms with Crippen LogP contribution in [0.3, 0.4) is 0 Å². The number of hydrogen-bond acceptors (Lipinski definition) is 4. The van der Waals surface area contributed by atoms with Gasteiger partial charge < -0.3 is 15.7 Å². The highest BCUT2D eigenvalue weighted by molar-refractivity contribution is 5.97. The Balaban J connectivity index is 1.92. The van der Waals surface area contributed by atoms with E-state index in [1.54, 1.807) is 12.1 Å². The van der Waals surface area contributed by atoms with Gasteiger partial charge in [0.15, 0.2) is 0 Å². The zero-order valence-electron chi connectivity index (χ0n) is 17.0. The van der Waals surface area contributed by atoms with E-state index in [1.165, 1.54) is 63.3 Å². The fourth-order valence-electron chi connectivity index (χ4n) is 3.58. The third kappa shape index (κ3) is 8.39. The molecule has 156 valence electrons. The molecular weight excluding hydrogens is 366 g/mol. The number of rotatable bonds is 5. The van der Waals surface area contributed by atoms with E-state index in [4.69, 9.17) is 5.11 Å². The van der Waals surface area contributed by atoms with Gasteiger partial charge >= 0.3 is 5.97 Å². The van der Waals surface area contributed by atoms with Crippen molar-refractivity contribution in [3.05, 3.63) is 41.6 Å². The summed E-state index contributed by atoms with van der Waals surface area (Å²) in [5, 5.41) is 24.2. The van der Waals surface area contributed by atoms with Gasteiger partial charge in [-0.2, -0.15) is 5.26 Å². The Morgan fingerprint density at radius 2 is 1.45 bits per heavy atom. The average molecular weight is 398 g/mol. The summed E-state index contributed by atoms with van der Waals surface area (Å²) in [6.45, 7) is 0. The minimum absolute atomic E-state index is 0.0124. The van der Waals surface area contributed by atoms with E-state index in [1.807, 2.05) is 6.07 Å². The Kier molecular flexibility index (Phi) is 9.77. The van der Waals surface area contributed by atoms with Crippen LogP contribution in [0.5, 0.6) is 0 Å². The maximum absolute atomic E-state index is 12.6. The van der Waals surface area contributed by atoms with Crippen molar-refractivity contribution in [3.8, 4) is 6.07 Å². The molecular formula is C23H31N3O3. The molecule has 0 aromatic heterocycles. The van der Waals surface area contributed by atoms with Crippen molar-refractivity contribution in [3.63, 3.8) is 0 Å². The van der Waals surface area contributed by atoms with Crippen LogP contribution in [0.25, 0.3) is 0 Å². The molecule has 0 atom stereocenters. The highest BCUT2D eigenvalue weighted by Crippen LogP contribution is 2.17. The Morgan fingerprint density at radius 1 is 0.931 bits per heavy atom. The number of nitriles is 1. The van der Waals surface area contributed by atoms with Crippen LogP contribution in [0.4, 0.5) is 5.69 Å². The van der Waals surface area contributed by atoms with Gasteiger partial charge in [0.25, 0.3) is 5.91 Å². The van der Waals surface area contributed by atoms with Crippen LogP contribution >= 0.6 is 0 Å². The molecule has 0 radical (unpaired) electrons. The van der Waals surface area contributed by atoms with E-state index in [2.05, 4.69) is 10.6 Å². The predicted molar refractivity (Wildman–Crippen MR) is 113 cm³/mol. The summed E-state index contributed by atoms with van der Waals surface area (Å²) in [6.07, 6.45) is 14.3. The number of carboxylic acids is 1. The molecule has 2 rings (SSSR count). The van der Waals surface area contributed by atoms with E-state index in [0.29, 0.717) is 5.69 Å². The van der Waals surface area contributed by atoms with Crippen molar-refractivity contribution in [2.45, 2.75) is 76.7 Å². The monoisotopic (exact) mass is 397 g/mol. The molecule has 0 heterocycles. The number of nitrogens with one attached hydrogen (secondary N) is 2. The van der Waals surface area contributed by atoms with Crippen molar-refractivity contribution < 1.29 is 14.7 Å². The van der Waals surface area contributed by atoms with Gasteiger partial charge in [-0.05, 0) is 37.1 Å². The van der Waals surface area contributed by atoms with E-state index >= 15 is 0 Å². The van der Waals surface area contributed by atoms with Crippen LogP contribution in [0, 0.1) is 11.3 Å². The first-order valence-electron chi connectivity index (χ1n) is 10.6. The average Bonchev–Trinajstić information content (AvgIpc) is 2.71. The summed E-state index contributed by atoms with van der Waals surface area (Å²) in [5.41, 5.74) is 0.806. The zero-order chi connectivity index (χ0) is 20.9. The lowest BCUT2D eigenvalue weighted by molar-refractivity contribution is -0.117. The minimum atomic E-state index is -0.999. The Morgan fingerprint density at radius 3 is 1.93 bits per heavy atom. The van der Waals surface area contributed by atoms with Gasteiger partial charge in [-0.3, -0.25) is 4.79 Å². The number of carbonyl (C=O) groups is 2. The first-order chi connectivity index (χ1) is 14.1. The van der Waals surface area contributed by atoms with Crippen LogP contribution in [0.1, 0.15) is 81.0 Å². The molecule has 1 saturated carbocycles. The van der Waals surface area contributed by atoms with Crippen LogP contribution < -0.4 is 10.6 Å². The zero-order valence-corrected chi connectivity index (χ0v) is 17.0. The van der Waals surface area contributed by atoms with Crippen molar-refractivity contribution in [1.29, 1.82) is 5.26 Å². The van der Waals surface area contributed by atoms with Crippen molar-refractivity contribution in [2.75, 3.05) is 5.32 Å². The first kappa shape index (κ1) is 22.5. The smallest absolute Gasteiger partial charge is 0.335 e. The molecule has 1 aromatic rings. The third-order valence-corrected chi connectivity index (χ3v) is 5.32. The summed E-state index contributed by atoms with van der Waals surface area (Å²) < 4.78 is 0. The topological polar surface area (TPSA) is 102 Å². The normalized spacial score (nSPS) is 17.3.